The Morgan fingerprint density at radius 2 is 2.08 bits per heavy atom. The topological polar surface area (TPSA) is 47.5 Å². The summed E-state index contributed by atoms with van der Waals surface area (Å²) in [5.41, 5.74) is 0.0570. The van der Waals surface area contributed by atoms with E-state index in [2.05, 4.69) is 9.36 Å². The second kappa shape index (κ2) is 7.04. The van der Waals surface area contributed by atoms with E-state index in [-0.39, 0.29) is 6.10 Å². The number of nitrogens with zero attached hydrogens (tertiary/aromatic N) is 3. The van der Waals surface area contributed by atoms with Crippen molar-refractivity contribution in [1.82, 2.24) is 9.36 Å². The Kier molecular flexibility index (Phi) is 5.02. The number of anilines is 1. The van der Waals surface area contributed by atoms with Crippen molar-refractivity contribution in [1.29, 1.82) is 0 Å². The molecule has 0 aliphatic carbocycles. The molecule has 3 rings (SSSR count). The van der Waals surface area contributed by atoms with Gasteiger partial charge in [-0.15, -0.1) is 0 Å². The number of methoxy groups -OCH3 is 1. The van der Waals surface area contributed by atoms with E-state index in [1.54, 1.807) is 7.11 Å². The Balaban J connectivity index is 1.70. The lowest BCUT2D eigenvalue weighted by atomic mass is 10.1. The predicted molar refractivity (Wildman–Crippen MR) is 83.0 cm³/mol. The number of hydrogen-bond acceptors (Lipinski definition) is 6. The van der Waals surface area contributed by atoms with Crippen LogP contribution < -0.4 is 4.90 Å². The highest BCUT2D eigenvalue weighted by molar-refractivity contribution is 7.09. The summed E-state index contributed by atoms with van der Waals surface area (Å²) in [6, 6.07) is 5.10. The highest BCUT2D eigenvalue weighted by atomic mass is 32.1. The Hall–Kier alpha value is -1.71. The fourth-order valence-electron chi connectivity index (χ4n) is 2.47. The zero-order chi connectivity index (χ0) is 17.2. The molecule has 9 heteroatoms. The van der Waals surface area contributed by atoms with Gasteiger partial charge in [0, 0.05) is 25.2 Å². The lowest BCUT2D eigenvalue weighted by Crippen LogP contribution is -2.38. The second-order valence-corrected chi connectivity index (χ2v) is 6.08. The zero-order valence-electron chi connectivity index (χ0n) is 12.9. The van der Waals surface area contributed by atoms with Crippen LogP contribution in [0.4, 0.5) is 18.3 Å². The Morgan fingerprint density at radius 1 is 1.33 bits per heavy atom. The molecule has 1 fully saturated rings. The van der Waals surface area contributed by atoms with E-state index in [0.29, 0.717) is 37.7 Å². The Bertz CT molecular complexity index is 675. The Labute approximate surface area is 141 Å². The van der Waals surface area contributed by atoms with Crippen LogP contribution in [0.2, 0.25) is 0 Å². The van der Waals surface area contributed by atoms with Crippen LogP contribution in [0.5, 0.6) is 0 Å². The molecule has 2 heterocycles. The number of benzene rings is 1. The highest BCUT2D eigenvalue weighted by Gasteiger charge is 2.31. The van der Waals surface area contributed by atoms with E-state index in [0.717, 1.165) is 17.3 Å². The van der Waals surface area contributed by atoms with Crippen molar-refractivity contribution < 1.29 is 22.6 Å². The van der Waals surface area contributed by atoms with Crippen LogP contribution in [0, 0.1) is 0 Å². The molecule has 1 saturated heterocycles. The Morgan fingerprint density at radius 3 is 2.75 bits per heavy atom. The molecule has 0 amide bonds. The monoisotopic (exact) mass is 359 g/mol. The minimum atomic E-state index is -4.33. The third kappa shape index (κ3) is 3.85. The molecule has 130 valence electrons. The van der Waals surface area contributed by atoms with Gasteiger partial charge < -0.3 is 14.4 Å². The molecule has 0 saturated carbocycles. The number of alkyl halides is 3. The summed E-state index contributed by atoms with van der Waals surface area (Å²) < 4.78 is 52.9. The van der Waals surface area contributed by atoms with E-state index in [1.807, 2.05) is 4.90 Å². The first-order chi connectivity index (χ1) is 11.5. The van der Waals surface area contributed by atoms with Gasteiger partial charge in [0.2, 0.25) is 5.13 Å². The smallest absolute Gasteiger partial charge is 0.377 e. The fraction of sp³-hybridized carbons (Fsp3) is 0.467. The van der Waals surface area contributed by atoms with Gasteiger partial charge >= 0.3 is 6.18 Å². The summed E-state index contributed by atoms with van der Waals surface area (Å²) in [6.07, 6.45) is -4.63. The van der Waals surface area contributed by atoms with E-state index in [1.165, 1.54) is 23.7 Å². The van der Waals surface area contributed by atoms with Crippen molar-refractivity contribution in [3.8, 4) is 0 Å². The molecule has 1 aliphatic rings. The van der Waals surface area contributed by atoms with Crippen LogP contribution in [-0.4, -0.2) is 36.2 Å². The first-order valence-corrected chi connectivity index (χ1v) is 8.10. The highest BCUT2D eigenvalue weighted by Crippen LogP contribution is 2.32. The summed E-state index contributed by atoms with van der Waals surface area (Å²) in [7, 11) is 1.58. The summed E-state index contributed by atoms with van der Waals surface area (Å²) in [4.78, 5) is 6.43. The van der Waals surface area contributed by atoms with Crippen LogP contribution in [0.25, 0.3) is 0 Å². The molecule has 0 bridgehead atoms. The summed E-state index contributed by atoms with van der Waals surface area (Å²) in [5.74, 6) is 0.620. The van der Waals surface area contributed by atoms with E-state index in [9.17, 15) is 13.2 Å². The SMILES string of the molecule is COCc1nsc(N2CCOC(c3ccc(C(F)(F)F)cc3)C2)n1. The van der Waals surface area contributed by atoms with Crippen molar-refractivity contribution in [3.05, 3.63) is 41.2 Å². The number of morpholine rings is 1. The average Bonchev–Trinajstić information content (AvgIpc) is 3.03. The molecule has 5 nitrogen and oxygen atoms in total. The molecular weight excluding hydrogens is 343 g/mol. The maximum absolute atomic E-state index is 12.6. The average molecular weight is 359 g/mol. The molecule has 1 aliphatic heterocycles. The molecule has 0 spiro atoms. The van der Waals surface area contributed by atoms with Gasteiger partial charge in [-0.25, -0.2) is 4.98 Å². The first-order valence-electron chi connectivity index (χ1n) is 7.32. The summed E-state index contributed by atoms with van der Waals surface area (Å²) in [5, 5.41) is 0.766. The molecular formula is C15H16F3N3O2S. The number of halogens is 3. The van der Waals surface area contributed by atoms with Gasteiger partial charge in [-0.1, -0.05) is 12.1 Å². The van der Waals surface area contributed by atoms with Crippen LogP contribution in [0.1, 0.15) is 23.1 Å². The molecule has 1 aromatic heterocycles. The molecule has 24 heavy (non-hydrogen) atoms. The third-order valence-electron chi connectivity index (χ3n) is 3.68. The number of hydrogen-bond donors (Lipinski definition) is 0. The van der Waals surface area contributed by atoms with Crippen molar-refractivity contribution >= 4 is 16.7 Å². The second-order valence-electron chi connectivity index (χ2n) is 5.35. The summed E-state index contributed by atoms with van der Waals surface area (Å²) in [6.45, 7) is 2.01. The van der Waals surface area contributed by atoms with Crippen molar-refractivity contribution in [2.24, 2.45) is 0 Å². The molecule has 0 N–H and O–H groups in total. The van der Waals surface area contributed by atoms with Crippen LogP contribution in [0.15, 0.2) is 24.3 Å². The van der Waals surface area contributed by atoms with Crippen molar-refractivity contribution in [2.75, 3.05) is 31.7 Å². The largest absolute Gasteiger partial charge is 0.416 e. The molecule has 1 unspecified atom stereocenters. The lowest BCUT2D eigenvalue weighted by molar-refractivity contribution is -0.137. The maximum atomic E-state index is 12.6. The molecule has 1 atom stereocenters. The van der Waals surface area contributed by atoms with E-state index < -0.39 is 11.7 Å². The van der Waals surface area contributed by atoms with Crippen molar-refractivity contribution in [2.45, 2.75) is 18.9 Å². The van der Waals surface area contributed by atoms with Crippen LogP contribution in [0.3, 0.4) is 0 Å². The number of ether oxygens (including phenoxy) is 2. The predicted octanol–water partition coefficient (Wildman–Crippen LogP) is 3.28. The molecule has 0 radical (unpaired) electrons. The minimum Gasteiger partial charge on any atom is -0.377 e. The van der Waals surface area contributed by atoms with Gasteiger partial charge in [-0.2, -0.15) is 17.5 Å². The zero-order valence-corrected chi connectivity index (χ0v) is 13.7. The standard InChI is InChI=1S/C15H16F3N3O2S/c1-22-9-13-19-14(24-20-13)21-6-7-23-12(8-21)10-2-4-11(5-3-10)15(16,17)18/h2-5,12H,6-9H2,1H3. The van der Waals surface area contributed by atoms with Crippen LogP contribution >= 0.6 is 11.5 Å². The van der Waals surface area contributed by atoms with Gasteiger partial charge in [0.25, 0.3) is 0 Å². The molecule has 2 aromatic rings. The lowest BCUT2D eigenvalue weighted by Gasteiger charge is -2.32. The number of aromatic nitrogens is 2. The third-order valence-corrected chi connectivity index (χ3v) is 4.49. The quantitative estimate of drug-likeness (QED) is 0.838. The van der Waals surface area contributed by atoms with Gasteiger partial charge in [-0.05, 0) is 17.7 Å². The first kappa shape index (κ1) is 17.1. The normalized spacial score (nSPS) is 18.8. The van der Waals surface area contributed by atoms with Crippen LogP contribution in [-0.2, 0) is 22.3 Å². The maximum Gasteiger partial charge on any atom is 0.416 e. The fourth-order valence-corrected chi connectivity index (χ4v) is 3.18. The van der Waals surface area contributed by atoms with E-state index >= 15 is 0 Å². The summed E-state index contributed by atoms with van der Waals surface area (Å²) >= 11 is 1.28. The van der Waals surface area contributed by atoms with Crippen molar-refractivity contribution in [3.63, 3.8) is 0 Å². The van der Waals surface area contributed by atoms with Gasteiger partial charge in [0.05, 0.1) is 18.7 Å². The van der Waals surface area contributed by atoms with Gasteiger partial charge in [-0.3, -0.25) is 0 Å². The van der Waals surface area contributed by atoms with Gasteiger partial charge in [0.1, 0.15) is 12.7 Å². The minimum absolute atomic E-state index is 0.296. The van der Waals surface area contributed by atoms with E-state index in [4.69, 9.17) is 9.47 Å². The van der Waals surface area contributed by atoms with Gasteiger partial charge in [0.15, 0.2) is 5.82 Å². The number of rotatable bonds is 4. The molecule has 1 aromatic carbocycles.